The van der Waals surface area contributed by atoms with Gasteiger partial charge in [0.2, 0.25) is 6.08 Å². The van der Waals surface area contributed by atoms with E-state index in [0.717, 1.165) is 37.7 Å². The molecule has 108 valence electrons. The van der Waals surface area contributed by atoms with Crippen LogP contribution in [0.2, 0.25) is 0 Å². The smallest absolute Gasteiger partial charge is 0.235 e. The molecule has 1 N–H and O–H groups in total. The van der Waals surface area contributed by atoms with Crippen LogP contribution in [0.15, 0.2) is 23.2 Å². The van der Waals surface area contributed by atoms with Gasteiger partial charge in [0.15, 0.2) is 0 Å². The SMILES string of the molecule is CC(C)(C)Cc1ccc(O)c(C2(N=C=O)CCCC2)c1. The Bertz CT molecular complexity index is 530. The summed E-state index contributed by atoms with van der Waals surface area (Å²) in [4.78, 5) is 14.8. The summed E-state index contributed by atoms with van der Waals surface area (Å²) >= 11 is 0. The van der Waals surface area contributed by atoms with Gasteiger partial charge < -0.3 is 5.11 Å². The lowest BCUT2D eigenvalue weighted by Crippen LogP contribution is -2.20. The highest BCUT2D eigenvalue weighted by molar-refractivity contribution is 5.46. The Labute approximate surface area is 120 Å². The van der Waals surface area contributed by atoms with Crippen LogP contribution in [0.25, 0.3) is 0 Å². The zero-order valence-electron chi connectivity index (χ0n) is 12.6. The summed E-state index contributed by atoms with van der Waals surface area (Å²) in [5.41, 5.74) is 1.60. The van der Waals surface area contributed by atoms with Crippen molar-refractivity contribution in [1.29, 1.82) is 0 Å². The predicted octanol–water partition coefficient (Wildman–Crippen LogP) is 4.09. The van der Waals surface area contributed by atoms with E-state index in [2.05, 4.69) is 25.8 Å². The lowest BCUT2D eigenvalue weighted by molar-refractivity contribution is 0.398. The van der Waals surface area contributed by atoms with E-state index in [9.17, 15) is 9.90 Å². The molecule has 3 nitrogen and oxygen atoms in total. The number of aromatic hydroxyl groups is 1. The molecule has 1 aliphatic rings. The van der Waals surface area contributed by atoms with Crippen LogP contribution in [-0.4, -0.2) is 11.2 Å². The van der Waals surface area contributed by atoms with Gasteiger partial charge in [-0.3, -0.25) is 0 Å². The van der Waals surface area contributed by atoms with Crippen LogP contribution in [0.1, 0.15) is 57.6 Å². The molecule has 0 bridgehead atoms. The summed E-state index contributed by atoms with van der Waals surface area (Å²) in [5.74, 6) is 0.239. The third kappa shape index (κ3) is 3.10. The Hall–Kier alpha value is -1.60. The second kappa shape index (κ2) is 5.41. The zero-order valence-corrected chi connectivity index (χ0v) is 12.6. The topological polar surface area (TPSA) is 49.7 Å². The molecule has 1 aromatic carbocycles. The molecule has 0 aromatic heterocycles. The summed E-state index contributed by atoms with van der Waals surface area (Å²) in [6.45, 7) is 6.57. The minimum Gasteiger partial charge on any atom is -0.508 e. The maximum Gasteiger partial charge on any atom is 0.235 e. The van der Waals surface area contributed by atoms with E-state index in [0.29, 0.717) is 0 Å². The molecule has 0 unspecified atom stereocenters. The molecule has 0 aliphatic heterocycles. The summed E-state index contributed by atoms with van der Waals surface area (Å²) in [7, 11) is 0. The molecule has 1 saturated carbocycles. The van der Waals surface area contributed by atoms with Gasteiger partial charge in [-0.25, -0.2) is 4.79 Å². The average molecular weight is 273 g/mol. The van der Waals surface area contributed by atoms with Gasteiger partial charge >= 0.3 is 0 Å². The standard InChI is InChI=1S/C17H23NO2/c1-16(2,3)11-13-6-7-15(20)14(10-13)17(18-12-19)8-4-5-9-17/h6-7,10,20H,4-5,8-9,11H2,1-3H3. The largest absolute Gasteiger partial charge is 0.508 e. The van der Waals surface area contributed by atoms with Gasteiger partial charge in [0.25, 0.3) is 0 Å². The van der Waals surface area contributed by atoms with Gasteiger partial charge in [0, 0.05) is 5.56 Å². The third-order valence-corrected chi connectivity index (χ3v) is 3.99. The quantitative estimate of drug-likeness (QED) is 0.666. The summed E-state index contributed by atoms with van der Waals surface area (Å²) in [6, 6.07) is 5.71. The molecule has 0 atom stereocenters. The molecule has 0 spiro atoms. The van der Waals surface area contributed by atoms with Crippen LogP contribution in [0.5, 0.6) is 5.75 Å². The number of nitrogens with zero attached hydrogens (tertiary/aromatic N) is 1. The fourth-order valence-electron chi connectivity index (χ4n) is 3.17. The van der Waals surface area contributed by atoms with E-state index < -0.39 is 5.54 Å². The lowest BCUT2D eigenvalue weighted by Gasteiger charge is -2.26. The van der Waals surface area contributed by atoms with Crippen molar-refractivity contribution in [1.82, 2.24) is 0 Å². The molecule has 0 radical (unpaired) electrons. The first-order valence-corrected chi connectivity index (χ1v) is 7.28. The molecule has 20 heavy (non-hydrogen) atoms. The molecule has 0 heterocycles. The number of aliphatic imine (C=N–C) groups is 1. The van der Waals surface area contributed by atoms with Crippen LogP contribution in [0.3, 0.4) is 0 Å². The van der Waals surface area contributed by atoms with E-state index in [4.69, 9.17) is 0 Å². The number of hydrogen-bond donors (Lipinski definition) is 1. The van der Waals surface area contributed by atoms with Gasteiger partial charge in [0.05, 0.1) is 0 Å². The minimum atomic E-state index is -0.556. The van der Waals surface area contributed by atoms with Gasteiger partial charge in [-0.05, 0) is 42.4 Å². The highest BCUT2D eigenvalue weighted by Gasteiger charge is 2.38. The Morgan fingerprint density at radius 2 is 1.95 bits per heavy atom. The Kier molecular flexibility index (Phi) is 4.01. The molecule has 1 fully saturated rings. The fraction of sp³-hybridized carbons (Fsp3) is 0.588. The number of phenolic OH excluding ortho intramolecular Hbond substituents is 1. The average Bonchev–Trinajstić information content (AvgIpc) is 2.80. The second-order valence-electron chi connectivity index (χ2n) is 7.03. The van der Waals surface area contributed by atoms with Crippen molar-refractivity contribution in [3.63, 3.8) is 0 Å². The molecule has 0 amide bonds. The van der Waals surface area contributed by atoms with E-state index in [1.54, 1.807) is 12.1 Å². The van der Waals surface area contributed by atoms with E-state index in [-0.39, 0.29) is 11.2 Å². The van der Waals surface area contributed by atoms with Gasteiger partial charge in [0.1, 0.15) is 11.3 Å². The molecule has 1 aromatic rings. The van der Waals surface area contributed by atoms with Gasteiger partial charge in [-0.1, -0.05) is 39.7 Å². The summed E-state index contributed by atoms with van der Waals surface area (Å²) < 4.78 is 0. The van der Waals surface area contributed by atoms with E-state index >= 15 is 0 Å². The maximum absolute atomic E-state index is 10.8. The normalized spacial score (nSPS) is 17.8. The molecule has 2 rings (SSSR count). The number of benzene rings is 1. The number of hydrogen-bond acceptors (Lipinski definition) is 3. The molecule has 3 heteroatoms. The maximum atomic E-state index is 10.8. The van der Waals surface area contributed by atoms with Crippen molar-refractivity contribution in [2.75, 3.05) is 0 Å². The number of carbonyl (C=O) groups excluding carboxylic acids is 1. The molecule has 0 saturated heterocycles. The Morgan fingerprint density at radius 1 is 1.30 bits per heavy atom. The zero-order chi connectivity index (χ0) is 14.8. The lowest BCUT2D eigenvalue weighted by atomic mass is 9.83. The van der Waals surface area contributed by atoms with Gasteiger partial charge in [-0.15, -0.1) is 0 Å². The molecule has 1 aliphatic carbocycles. The number of phenols is 1. The number of isocyanates is 1. The highest BCUT2D eigenvalue weighted by Crippen LogP contribution is 2.45. The van der Waals surface area contributed by atoms with Gasteiger partial charge in [-0.2, -0.15) is 4.99 Å². The monoisotopic (exact) mass is 273 g/mol. The summed E-state index contributed by atoms with van der Waals surface area (Å²) in [6.07, 6.45) is 6.34. The van der Waals surface area contributed by atoms with Crippen molar-refractivity contribution in [3.05, 3.63) is 29.3 Å². The van der Waals surface area contributed by atoms with Crippen LogP contribution in [0.4, 0.5) is 0 Å². The highest BCUT2D eigenvalue weighted by atomic mass is 16.3. The molecular weight excluding hydrogens is 250 g/mol. The van der Waals surface area contributed by atoms with Crippen LogP contribution in [-0.2, 0) is 16.8 Å². The second-order valence-corrected chi connectivity index (χ2v) is 7.03. The van der Waals surface area contributed by atoms with E-state index in [1.807, 2.05) is 12.1 Å². The Balaban J connectivity index is 2.44. The third-order valence-electron chi connectivity index (χ3n) is 3.99. The molecular formula is C17H23NO2. The Morgan fingerprint density at radius 3 is 2.50 bits per heavy atom. The summed E-state index contributed by atoms with van der Waals surface area (Å²) in [5, 5.41) is 10.2. The fourth-order valence-corrected chi connectivity index (χ4v) is 3.17. The number of rotatable bonds is 3. The van der Waals surface area contributed by atoms with Crippen LogP contribution in [0, 0.1) is 5.41 Å². The van der Waals surface area contributed by atoms with Crippen molar-refractivity contribution in [2.45, 2.75) is 58.4 Å². The first kappa shape index (κ1) is 14.8. The first-order chi connectivity index (χ1) is 9.36. The van der Waals surface area contributed by atoms with Crippen molar-refractivity contribution >= 4 is 6.08 Å². The first-order valence-electron chi connectivity index (χ1n) is 7.28. The minimum absolute atomic E-state index is 0.186. The van der Waals surface area contributed by atoms with Crippen LogP contribution >= 0.6 is 0 Å². The van der Waals surface area contributed by atoms with Crippen molar-refractivity contribution < 1.29 is 9.90 Å². The van der Waals surface area contributed by atoms with Crippen molar-refractivity contribution in [2.24, 2.45) is 10.4 Å². The van der Waals surface area contributed by atoms with E-state index in [1.165, 1.54) is 5.56 Å². The van der Waals surface area contributed by atoms with Crippen LogP contribution < -0.4 is 0 Å². The van der Waals surface area contributed by atoms with Crippen molar-refractivity contribution in [3.8, 4) is 5.75 Å². The predicted molar refractivity (Wildman–Crippen MR) is 79.5 cm³/mol.